The number of benzene rings is 2. The minimum absolute atomic E-state index is 0.0258. The number of rotatable bonds is 10. The number of carboxylic acids is 1. The monoisotopic (exact) mass is 550 g/mol. The highest BCUT2D eigenvalue weighted by atomic mass is 35.5. The van der Waals surface area contributed by atoms with Gasteiger partial charge in [0, 0.05) is 34.3 Å². The summed E-state index contributed by atoms with van der Waals surface area (Å²) in [6.45, 7) is -0.294. The molecule has 0 spiro atoms. The van der Waals surface area contributed by atoms with Crippen LogP contribution in [0, 0.1) is 5.82 Å². The second-order valence-corrected chi connectivity index (χ2v) is 9.46. The minimum Gasteiger partial charge on any atom is -0.479 e. The van der Waals surface area contributed by atoms with Crippen molar-refractivity contribution in [3.05, 3.63) is 63.6 Å². The lowest BCUT2D eigenvalue weighted by Gasteiger charge is -2.26. The number of hydrogen-bond donors (Lipinski definition) is 2. The molecule has 1 fully saturated rings. The van der Waals surface area contributed by atoms with Crippen LogP contribution in [0.4, 0.5) is 13.2 Å². The summed E-state index contributed by atoms with van der Waals surface area (Å²) < 4.78 is 52.5. The van der Waals surface area contributed by atoms with E-state index in [1.54, 1.807) is 19.1 Å². The Bertz CT molecular complexity index is 1380. The van der Waals surface area contributed by atoms with E-state index in [4.69, 9.17) is 21.1 Å². The van der Waals surface area contributed by atoms with Crippen molar-refractivity contribution < 1.29 is 37.3 Å². The van der Waals surface area contributed by atoms with Crippen molar-refractivity contribution in [2.45, 2.75) is 64.7 Å². The number of aromatic nitrogens is 1. The van der Waals surface area contributed by atoms with Gasteiger partial charge in [0.25, 0.3) is 5.91 Å². The number of nitrogens with one attached hydrogen (secondary N) is 1. The van der Waals surface area contributed by atoms with Crippen molar-refractivity contribution in [2.24, 2.45) is 0 Å². The molecule has 3 aromatic rings. The first kappa shape index (κ1) is 27.5. The summed E-state index contributed by atoms with van der Waals surface area (Å²) in [6.07, 6.45) is 1.79. The third-order valence-electron chi connectivity index (χ3n) is 6.50. The first-order valence-electron chi connectivity index (χ1n) is 12.2. The van der Waals surface area contributed by atoms with Crippen LogP contribution in [0.15, 0.2) is 30.3 Å². The Morgan fingerprint density at radius 3 is 2.53 bits per heavy atom. The van der Waals surface area contributed by atoms with Gasteiger partial charge in [0.05, 0.1) is 5.39 Å². The molecule has 0 saturated heterocycles. The van der Waals surface area contributed by atoms with E-state index >= 15 is 0 Å². The second-order valence-electron chi connectivity index (χ2n) is 9.05. The number of amides is 1. The molecule has 1 aliphatic carbocycles. The number of nitrogens with zero attached hydrogens (tertiary/aromatic N) is 1. The van der Waals surface area contributed by atoms with E-state index in [9.17, 15) is 27.9 Å². The third-order valence-corrected chi connectivity index (χ3v) is 6.85. The highest BCUT2D eigenvalue weighted by Gasteiger charge is 2.26. The van der Waals surface area contributed by atoms with Gasteiger partial charge in [-0.3, -0.25) is 4.79 Å². The third kappa shape index (κ3) is 5.80. The lowest BCUT2D eigenvalue weighted by Crippen LogP contribution is -2.39. The van der Waals surface area contributed by atoms with Gasteiger partial charge in [-0.2, -0.15) is 8.78 Å². The SMILES string of the molecule is CCc1nc2c(F)ccc(O[C@@H](C)C(=O)O)c2c(OC(F)F)c1Cc1ccc(C(=O)NC2CCC2)cc1Cl. The molecule has 11 heteroatoms. The summed E-state index contributed by atoms with van der Waals surface area (Å²) in [6, 6.07) is 7.02. The molecule has 7 nitrogen and oxygen atoms in total. The summed E-state index contributed by atoms with van der Waals surface area (Å²) in [5, 5.41) is 12.2. The minimum atomic E-state index is -3.27. The van der Waals surface area contributed by atoms with Crippen LogP contribution >= 0.6 is 11.6 Å². The smallest absolute Gasteiger partial charge is 0.387 e. The van der Waals surface area contributed by atoms with Crippen LogP contribution in [0.1, 0.15) is 60.3 Å². The van der Waals surface area contributed by atoms with Crippen LogP contribution in [-0.2, 0) is 17.6 Å². The molecular weight excluding hydrogens is 525 g/mol. The first-order chi connectivity index (χ1) is 18.1. The average molecular weight is 551 g/mol. The Morgan fingerprint density at radius 2 is 1.95 bits per heavy atom. The molecule has 1 saturated carbocycles. The van der Waals surface area contributed by atoms with Crippen LogP contribution in [0.25, 0.3) is 10.9 Å². The molecule has 1 aromatic heterocycles. The molecule has 2 aromatic carbocycles. The zero-order chi connectivity index (χ0) is 27.6. The van der Waals surface area contributed by atoms with Gasteiger partial charge in [-0.1, -0.05) is 24.6 Å². The van der Waals surface area contributed by atoms with Crippen molar-refractivity contribution in [2.75, 3.05) is 0 Å². The maximum atomic E-state index is 14.8. The van der Waals surface area contributed by atoms with Crippen LogP contribution in [0.5, 0.6) is 11.5 Å². The van der Waals surface area contributed by atoms with Gasteiger partial charge < -0.3 is 19.9 Å². The van der Waals surface area contributed by atoms with Crippen molar-refractivity contribution in [1.29, 1.82) is 0 Å². The highest BCUT2D eigenvalue weighted by Crippen LogP contribution is 2.41. The summed E-state index contributed by atoms with van der Waals surface area (Å²) in [4.78, 5) is 28.2. The van der Waals surface area contributed by atoms with Crippen molar-refractivity contribution in [3.63, 3.8) is 0 Å². The number of hydrogen-bond acceptors (Lipinski definition) is 5. The molecule has 0 aliphatic heterocycles. The summed E-state index contributed by atoms with van der Waals surface area (Å²) in [5.74, 6) is -2.91. The fourth-order valence-electron chi connectivity index (χ4n) is 4.24. The number of carboxylic acid groups (broad SMARTS) is 1. The highest BCUT2D eigenvalue weighted by molar-refractivity contribution is 6.31. The quantitative estimate of drug-likeness (QED) is 0.325. The van der Waals surface area contributed by atoms with E-state index in [0.29, 0.717) is 16.8 Å². The standard InChI is InChI=1S/C27H26ClF3N2O5/c1-3-20-17(11-14-7-8-15(12-18(14)28)25(34)32-16-5-4-6-16)24(38-27(30)31)22-21(37-13(2)26(35)36)10-9-19(29)23(22)33-20/h7-10,12-13,16,27H,3-6,11H2,1-2H3,(H,32,34)(H,35,36)/t13-/m0/s1. The lowest BCUT2D eigenvalue weighted by molar-refractivity contribution is -0.144. The number of aryl methyl sites for hydroxylation is 1. The molecule has 1 aliphatic rings. The Morgan fingerprint density at radius 1 is 1.21 bits per heavy atom. The molecule has 0 unspecified atom stereocenters. The predicted octanol–water partition coefficient (Wildman–Crippen LogP) is 5.92. The van der Waals surface area contributed by atoms with E-state index < -0.39 is 24.5 Å². The molecule has 0 radical (unpaired) electrons. The molecule has 1 amide bonds. The Kier molecular flexibility index (Phi) is 8.30. The number of fused-ring (bicyclic) bond motifs is 1. The molecule has 38 heavy (non-hydrogen) atoms. The van der Waals surface area contributed by atoms with Gasteiger partial charge in [-0.25, -0.2) is 14.2 Å². The fourth-order valence-corrected chi connectivity index (χ4v) is 4.48. The molecule has 202 valence electrons. The fraction of sp³-hybridized carbons (Fsp3) is 0.370. The molecule has 4 rings (SSSR count). The lowest BCUT2D eigenvalue weighted by atomic mass is 9.93. The predicted molar refractivity (Wildman–Crippen MR) is 135 cm³/mol. The van der Waals surface area contributed by atoms with E-state index in [1.165, 1.54) is 13.0 Å². The zero-order valence-corrected chi connectivity index (χ0v) is 21.4. The topological polar surface area (TPSA) is 97.8 Å². The Hall–Kier alpha value is -3.53. The first-order valence-corrected chi connectivity index (χ1v) is 12.5. The van der Waals surface area contributed by atoms with Crippen LogP contribution in [0.3, 0.4) is 0 Å². The zero-order valence-electron chi connectivity index (χ0n) is 20.7. The summed E-state index contributed by atoms with van der Waals surface area (Å²) in [5.41, 5.74) is 1.08. The van der Waals surface area contributed by atoms with Gasteiger partial charge in [0.1, 0.15) is 22.8 Å². The number of ether oxygens (including phenoxy) is 2. The Balaban J connectivity index is 1.81. The summed E-state index contributed by atoms with van der Waals surface area (Å²) in [7, 11) is 0. The number of aliphatic carboxylic acids is 1. The Labute approximate surface area is 221 Å². The maximum Gasteiger partial charge on any atom is 0.387 e. The average Bonchev–Trinajstić information content (AvgIpc) is 2.84. The summed E-state index contributed by atoms with van der Waals surface area (Å²) >= 11 is 6.50. The second kappa shape index (κ2) is 11.5. The number of carbonyl (C=O) groups excluding carboxylic acids is 1. The van der Waals surface area contributed by atoms with E-state index in [0.717, 1.165) is 31.4 Å². The largest absolute Gasteiger partial charge is 0.479 e. The van der Waals surface area contributed by atoms with Gasteiger partial charge >= 0.3 is 12.6 Å². The number of pyridine rings is 1. The number of carbonyl (C=O) groups is 2. The van der Waals surface area contributed by atoms with E-state index in [1.807, 2.05) is 0 Å². The molecule has 2 N–H and O–H groups in total. The van der Waals surface area contributed by atoms with Gasteiger partial charge in [-0.15, -0.1) is 0 Å². The van der Waals surface area contributed by atoms with Crippen LogP contribution in [0.2, 0.25) is 5.02 Å². The molecule has 1 atom stereocenters. The molecule has 1 heterocycles. The van der Waals surface area contributed by atoms with Crippen LogP contribution < -0.4 is 14.8 Å². The van der Waals surface area contributed by atoms with Crippen LogP contribution in [-0.4, -0.2) is 40.7 Å². The van der Waals surface area contributed by atoms with Gasteiger partial charge in [0.15, 0.2) is 6.10 Å². The maximum absolute atomic E-state index is 14.8. The normalized spacial score (nSPS) is 14.3. The molecular formula is C27H26ClF3N2O5. The number of halogens is 4. The van der Waals surface area contributed by atoms with Gasteiger partial charge in [0.2, 0.25) is 0 Å². The van der Waals surface area contributed by atoms with E-state index in [2.05, 4.69) is 10.3 Å². The van der Waals surface area contributed by atoms with Crippen molar-refractivity contribution in [3.8, 4) is 11.5 Å². The van der Waals surface area contributed by atoms with Gasteiger partial charge in [-0.05, 0) is 62.4 Å². The number of alkyl halides is 2. The molecule has 0 bridgehead atoms. The van der Waals surface area contributed by atoms with Crippen molar-refractivity contribution in [1.82, 2.24) is 10.3 Å². The van der Waals surface area contributed by atoms with Crippen molar-refractivity contribution >= 4 is 34.4 Å². The van der Waals surface area contributed by atoms with E-state index in [-0.39, 0.29) is 57.8 Å².